The summed E-state index contributed by atoms with van der Waals surface area (Å²) in [6.45, 7) is 16.1. The molecule has 0 aromatic carbocycles. The fourth-order valence-corrected chi connectivity index (χ4v) is 2.73. The molecule has 0 unspecified atom stereocenters. The molecule has 0 saturated carbocycles. The van der Waals surface area contributed by atoms with Gasteiger partial charge in [0.2, 0.25) is 0 Å². The Morgan fingerprint density at radius 1 is 1.32 bits per heavy atom. The third kappa shape index (κ3) is 3.26. The van der Waals surface area contributed by atoms with E-state index >= 15 is 0 Å². The number of pyridine rings is 1. The number of guanidine groups is 1. The van der Waals surface area contributed by atoms with Crippen molar-refractivity contribution in [2.75, 3.05) is 19.6 Å². The van der Waals surface area contributed by atoms with Gasteiger partial charge in [0.05, 0.1) is 0 Å². The van der Waals surface area contributed by atoms with Gasteiger partial charge in [-0.3, -0.25) is 9.98 Å². The standard InChI is InChI=1S/C18H30N4/c1-7-19-16(22-13-17(3,4)18(22,5)6)20-11-10-15-9-8-14(2)21-12-15/h8-9,12H,7,10-11,13H2,1-6H3,(H,19,20). The molecule has 2 rings (SSSR count). The molecule has 0 spiro atoms. The molecular weight excluding hydrogens is 272 g/mol. The van der Waals surface area contributed by atoms with Crippen molar-refractivity contribution in [2.45, 2.75) is 53.5 Å². The van der Waals surface area contributed by atoms with Crippen LogP contribution in [-0.4, -0.2) is 41.0 Å². The Morgan fingerprint density at radius 2 is 2.05 bits per heavy atom. The maximum atomic E-state index is 4.82. The summed E-state index contributed by atoms with van der Waals surface area (Å²) in [5, 5.41) is 3.43. The lowest BCUT2D eigenvalue weighted by molar-refractivity contribution is -0.0667. The van der Waals surface area contributed by atoms with Crippen LogP contribution < -0.4 is 5.32 Å². The molecule has 4 heteroatoms. The van der Waals surface area contributed by atoms with Crippen LogP contribution in [0.3, 0.4) is 0 Å². The topological polar surface area (TPSA) is 40.5 Å². The van der Waals surface area contributed by atoms with E-state index in [0.29, 0.717) is 5.41 Å². The monoisotopic (exact) mass is 302 g/mol. The fraction of sp³-hybridized carbons (Fsp3) is 0.667. The molecule has 1 saturated heterocycles. The summed E-state index contributed by atoms with van der Waals surface area (Å²) in [5.41, 5.74) is 2.77. The molecule has 1 aromatic heterocycles. The second-order valence-corrected chi connectivity index (χ2v) is 7.32. The second kappa shape index (κ2) is 6.27. The summed E-state index contributed by atoms with van der Waals surface area (Å²) in [5.74, 6) is 1.03. The molecule has 0 atom stereocenters. The maximum absolute atomic E-state index is 4.82. The van der Waals surface area contributed by atoms with Gasteiger partial charge in [-0.1, -0.05) is 19.9 Å². The first kappa shape index (κ1) is 16.8. The fourth-order valence-electron chi connectivity index (χ4n) is 2.73. The predicted octanol–water partition coefficient (Wildman–Crippen LogP) is 3.02. The van der Waals surface area contributed by atoms with Crippen molar-refractivity contribution in [3.63, 3.8) is 0 Å². The number of aryl methyl sites for hydroxylation is 1. The van der Waals surface area contributed by atoms with Gasteiger partial charge in [-0.15, -0.1) is 0 Å². The number of aliphatic imine (C=N–C) groups is 1. The highest BCUT2D eigenvalue weighted by Crippen LogP contribution is 2.46. The van der Waals surface area contributed by atoms with Crippen molar-refractivity contribution in [1.82, 2.24) is 15.2 Å². The number of rotatable bonds is 4. The smallest absolute Gasteiger partial charge is 0.194 e. The van der Waals surface area contributed by atoms with Crippen LogP contribution in [0.25, 0.3) is 0 Å². The Morgan fingerprint density at radius 3 is 2.55 bits per heavy atom. The number of nitrogens with zero attached hydrogens (tertiary/aromatic N) is 3. The molecule has 1 fully saturated rings. The van der Waals surface area contributed by atoms with Crippen LogP contribution in [0.2, 0.25) is 0 Å². The molecule has 1 aliphatic rings. The minimum absolute atomic E-state index is 0.138. The molecule has 0 aliphatic carbocycles. The number of hydrogen-bond acceptors (Lipinski definition) is 2. The molecule has 0 radical (unpaired) electrons. The maximum Gasteiger partial charge on any atom is 0.194 e. The first-order chi connectivity index (χ1) is 10.3. The average molecular weight is 302 g/mol. The van der Waals surface area contributed by atoms with Gasteiger partial charge in [0.15, 0.2) is 5.96 Å². The summed E-state index contributed by atoms with van der Waals surface area (Å²) in [6.07, 6.45) is 2.88. The van der Waals surface area contributed by atoms with Gasteiger partial charge in [-0.25, -0.2) is 0 Å². The van der Waals surface area contributed by atoms with E-state index in [1.54, 1.807) is 0 Å². The van der Waals surface area contributed by atoms with Crippen molar-refractivity contribution < 1.29 is 0 Å². The van der Waals surface area contributed by atoms with E-state index in [1.807, 2.05) is 13.1 Å². The number of nitrogens with one attached hydrogen (secondary N) is 1. The number of likely N-dealkylation sites (tertiary alicyclic amines) is 1. The van der Waals surface area contributed by atoms with Crippen LogP contribution in [-0.2, 0) is 6.42 Å². The van der Waals surface area contributed by atoms with Gasteiger partial charge in [0.25, 0.3) is 0 Å². The van der Waals surface area contributed by atoms with Crippen molar-refractivity contribution in [3.8, 4) is 0 Å². The van der Waals surface area contributed by atoms with E-state index < -0.39 is 0 Å². The SMILES string of the molecule is CCNC(=NCCc1ccc(C)nc1)N1CC(C)(C)C1(C)C. The van der Waals surface area contributed by atoms with Crippen LogP contribution in [0.5, 0.6) is 0 Å². The van der Waals surface area contributed by atoms with Crippen LogP contribution in [0.4, 0.5) is 0 Å². The molecule has 0 amide bonds. The van der Waals surface area contributed by atoms with Crippen LogP contribution >= 0.6 is 0 Å². The molecule has 4 nitrogen and oxygen atoms in total. The molecule has 1 N–H and O–H groups in total. The Bertz CT molecular complexity index is 529. The summed E-state index contributed by atoms with van der Waals surface area (Å²) < 4.78 is 0. The van der Waals surface area contributed by atoms with E-state index in [2.05, 4.69) is 62.0 Å². The highest BCUT2D eigenvalue weighted by atomic mass is 15.4. The van der Waals surface area contributed by atoms with E-state index in [-0.39, 0.29) is 5.54 Å². The van der Waals surface area contributed by atoms with Crippen molar-refractivity contribution in [2.24, 2.45) is 10.4 Å². The van der Waals surface area contributed by atoms with Gasteiger partial charge in [-0.05, 0) is 45.7 Å². The Balaban J connectivity index is 2.01. The summed E-state index contributed by atoms with van der Waals surface area (Å²) in [4.78, 5) is 11.6. The van der Waals surface area contributed by atoms with Crippen LogP contribution in [0.15, 0.2) is 23.3 Å². The molecule has 1 aromatic rings. The zero-order chi connectivity index (χ0) is 16.4. The van der Waals surface area contributed by atoms with E-state index in [1.165, 1.54) is 5.56 Å². The quantitative estimate of drug-likeness (QED) is 0.686. The average Bonchev–Trinajstić information content (AvgIpc) is 2.46. The predicted molar refractivity (Wildman–Crippen MR) is 93.2 cm³/mol. The normalized spacial score (nSPS) is 19.7. The Hall–Kier alpha value is -1.58. The second-order valence-electron chi connectivity index (χ2n) is 7.32. The number of aromatic nitrogens is 1. The van der Waals surface area contributed by atoms with Crippen molar-refractivity contribution in [3.05, 3.63) is 29.6 Å². The van der Waals surface area contributed by atoms with Gasteiger partial charge in [0.1, 0.15) is 0 Å². The lowest BCUT2D eigenvalue weighted by Crippen LogP contribution is -2.72. The van der Waals surface area contributed by atoms with E-state index in [0.717, 1.165) is 37.7 Å². The summed E-state index contributed by atoms with van der Waals surface area (Å²) >= 11 is 0. The Labute approximate surface area is 135 Å². The van der Waals surface area contributed by atoms with Crippen LogP contribution in [0, 0.1) is 12.3 Å². The number of hydrogen-bond donors (Lipinski definition) is 1. The van der Waals surface area contributed by atoms with E-state index in [4.69, 9.17) is 4.99 Å². The van der Waals surface area contributed by atoms with Gasteiger partial charge in [0, 0.05) is 42.5 Å². The van der Waals surface area contributed by atoms with Crippen LogP contribution in [0.1, 0.15) is 45.9 Å². The third-order valence-electron chi connectivity index (χ3n) is 5.11. The first-order valence-corrected chi connectivity index (χ1v) is 8.25. The molecule has 2 heterocycles. The van der Waals surface area contributed by atoms with Gasteiger partial charge < -0.3 is 10.2 Å². The first-order valence-electron chi connectivity index (χ1n) is 8.25. The third-order valence-corrected chi connectivity index (χ3v) is 5.11. The molecule has 1 aliphatic heterocycles. The Kier molecular flexibility index (Phi) is 4.78. The zero-order valence-corrected chi connectivity index (χ0v) is 14.9. The largest absolute Gasteiger partial charge is 0.356 e. The highest BCUT2D eigenvalue weighted by molar-refractivity contribution is 5.82. The zero-order valence-electron chi connectivity index (χ0n) is 14.9. The minimum Gasteiger partial charge on any atom is -0.356 e. The summed E-state index contributed by atoms with van der Waals surface area (Å²) in [6, 6.07) is 4.20. The highest BCUT2D eigenvalue weighted by Gasteiger charge is 2.53. The van der Waals surface area contributed by atoms with Gasteiger partial charge >= 0.3 is 0 Å². The molecule has 122 valence electrons. The summed E-state index contributed by atoms with van der Waals surface area (Å²) in [7, 11) is 0. The lowest BCUT2D eigenvalue weighted by atomic mass is 9.65. The van der Waals surface area contributed by atoms with Gasteiger partial charge in [-0.2, -0.15) is 0 Å². The lowest BCUT2D eigenvalue weighted by Gasteiger charge is -2.62. The molecular formula is C18H30N4. The van der Waals surface area contributed by atoms with Crippen molar-refractivity contribution in [1.29, 1.82) is 0 Å². The minimum atomic E-state index is 0.138. The van der Waals surface area contributed by atoms with E-state index in [9.17, 15) is 0 Å². The van der Waals surface area contributed by atoms with Crippen molar-refractivity contribution >= 4 is 5.96 Å². The molecule has 0 bridgehead atoms. The molecule has 22 heavy (non-hydrogen) atoms.